The van der Waals surface area contributed by atoms with Gasteiger partial charge in [0.05, 0.1) is 11.0 Å². The molecule has 0 radical (unpaired) electrons. The number of benzene rings is 3. The largest absolute Gasteiger partial charge is 0.505 e. The van der Waals surface area contributed by atoms with Crippen LogP contribution < -0.4 is 21.4 Å². The number of aryl methyl sites for hydroxylation is 1. The highest BCUT2D eigenvalue weighted by Gasteiger charge is 2.53. The van der Waals surface area contributed by atoms with Crippen molar-refractivity contribution in [3.8, 4) is 22.6 Å². The quantitative estimate of drug-likeness (QED) is 0.157. The van der Waals surface area contributed by atoms with Crippen molar-refractivity contribution in [2.75, 3.05) is 12.4 Å². The van der Waals surface area contributed by atoms with Gasteiger partial charge in [0.2, 0.25) is 6.29 Å². The zero-order chi connectivity index (χ0) is 33.3. The third kappa shape index (κ3) is 6.13. The van der Waals surface area contributed by atoms with Crippen LogP contribution in [0.5, 0.6) is 11.5 Å². The first-order chi connectivity index (χ1) is 21.8. The minimum atomic E-state index is -1.52. The Morgan fingerprint density at radius 2 is 1.78 bits per heavy atom. The van der Waals surface area contributed by atoms with Gasteiger partial charge >= 0.3 is 11.7 Å². The van der Waals surface area contributed by atoms with E-state index in [9.17, 15) is 29.5 Å². The highest BCUT2D eigenvalue weighted by Crippen LogP contribution is 2.38. The molecule has 0 aliphatic carbocycles. The van der Waals surface area contributed by atoms with Crippen molar-refractivity contribution in [1.29, 1.82) is 0 Å². The van der Waals surface area contributed by atoms with Crippen LogP contribution >= 0.6 is 0 Å². The number of carbonyl (C=O) groups is 2. The molecule has 0 saturated carbocycles. The molecule has 240 valence electrons. The van der Waals surface area contributed by atoms with Crippen molar-refractivity contribution >= 4 is 34.3 Å². The Labute approximate surface area is 261 Å². The molecule has 5 rings (SSSR count). The molecule has 14 heteroatoms. The maximum atomic E-state index is 13.1. The molecule has 1 aliphatic heterocycles. The summed E-state index contributed by atoms with van der Waals surface area (Å²) in [6, 6.07) is 15.8. The molecule has 1 aromatic heterocycles. The van der Waals surface area contributed by atoms with Crippen LogP contribution in [0.1, 0.15) is 29.8 Å². The van der Waals surface area contributed by atoms with Gasteiger partial charge in [-0.15, -0.1) is 4.91 Å². The van der Waals surface area contributed by atoms with E-state index in [1.807, 2.05) is 0 Å². The minimum absolute atomic E-state index is 0.0440. The molecule has 2 heterocycles. The van der Waals surface area contributed by atoms with Crippen LogP contribution in [-0.2, 0) is 14.2 Å². The van der Waals surface area contributed by atoms with Crippen LogP contribution in [0.3, 0.4) is 0 Å². The number of hydrogen-bond acceptors (Lipinski definition) is 12. The maximum absolute atomic E-state index is 13.1. The van der Waals surface area contributed by atoms with Gasteiger partial charge < -0.3 is 44.6 Å². The molecule has 46 heavy (non-hydrogen) atoms. The van der Waals surface area contributed by atoms with E-state index in [1.165, 1.54) is 25.3 Å². The van der Waals surface area contributed by atoms with E-state index < -0.39 is 59.3 Å². The molecule has 4 atom stereocenters. The second-order valence-corrected chi connectivity index (χ2v) is 11.1. The summed E-state index contributed by atoms with van der Waals surface area (Å²) in [7, 11) is 1.37. The number of nitrogens with one attached hydrogen (secondary N) is 1. The van der Waals surface area contributed by atoms with Gasteiger partial charge in [0.1, 0.15) is 23.1 Å². The molecule has 0 unspecified atom stereocenters. The predicted octanol–water partition coefficient (Wildman–Crippen LogP) is 4.48. The van der Waals surface area contributed by atoms with Crippen LogP contribution in [0.2, 0.25) is 0 Å². The van der Waals surface area contributed by atoms with Gasteiger partial charge in [-0.3, -0.25) is 4.79 Å². The average molecular weight is 634 g/mol. The molecule has 3 aromatic carbocycles. The third-order valence-corrected chi connectivity index (χ3v) is 7.68. The molecule has 5 N–H and O–H groups in total. The summed E-state index contributed by atoms with van der Waals surface area (Å²) in [5.74, 6) is -1.09. The fraction of sp³-hybridized carbons (Fsp3) is 0.281. The van der Waals surface area contributed by atoms with E-state index in [-0.39, 0.29) is 33.5 Å². The summed E-state index contributed by atoms with van der Waals surface area (Å²) in [5.41, 5.74) is 4.68. The number of aliphatic hydroxyl groups excluding tert-OH is 1. The zero-order valence-electron chi connectivity index (χ0n) is 25.2. The summed E-state index contributed by atoms with van der Waals surface area (Å²) < 4.78 is 27.9. The molecule has 1 fully saturated rings. The standard InChI is InChI=1S/C32H31N3O11/c1-15-21(43-30-24(37)26(45-31(33)40)27(42-4)32(2,3)46-30)13-12-20-23(36)22(29(39)44-25(15)20)34-28(38)18-7-5-6-17(14-18)16-8-10-19(35-41)11-9-16/h5-14,24,26-27,30,36-37H,1-4H3,(H2,33,40)(H,34,38)/t24-,26+,27-,30-/m1/s1. The van der Waals surface area contributed by atoms with Crippen molar-refractivity contribution in [2.45, 2.75) is 51.0 Å². The lowest BCUT2D eigenvalue weighted by Gasteiger charge is -2.47. The lowest BCUT2D eigenvalue weighted by atomic mass is 9.89. The summed E-state index contributed by atoms with van der Waals surface area (Å²) in [6.07, 6.45) is -6.13. The van der Waals surface area contributed by atoms with Crippen molar-refractivity contribution in [3.05, 3.63) is 87.1 Å². The topological polar surface area (TPSA) is 209 Å². The molecule has 0 bridgehead atoms. The van der Waals surface area contributed by atoms with Gasteiger partial charge in [-0.05, 0) is 73.5 Å². The Morgan fingerprint density at radius 1 is 1.07 bits per heavy atom. The lowest BCUT2D eigenvalue weighted by Crippen LogP contribution is -2.65. The molecule has 14 nitrogen and oxygen atoms in total. The van der Waals surface area contributed by atoms with Gasteiger partial charge in [0.25, 0.3) is 5.91 Å². The van der Waals surface area contributed by atoms with Gasteiger partial charge in [-0.1, -0.05) is 24.3 Å². The molecule has 2 amide bonds. The molecule has 1 saturated heterocycles. The van der Waals surface area contributed by atoms with Crippen molar-refractivity contribution < 1.29 is 43.2 Å². The number of ether oxygens (including phenoxy) is 4. The number of aliphatic hydroxyl groups is 1. The fourth-order valence-corrected chi connectivity index (χ4v) is 5.41. The van der Waals surface area contributed by atoms with Gasteiger partial charge in [-0.2, -0.15) is 0 Å². The number of amides is 2. The predicted molar refractivity (Wildman–Crippen MR) is 165 cm³/mol. The van der Waals surface area contributed by atoms with Gasteiger partial charge in [-0.25, -0.2) is 9.59 Å². The number of methoxy groups -OCH3 is 1. The third-order valence-electron chi connectivity index (χ3n) is 7.68. The Hall–Kier alpha value is -5.31. The fourth-order valence-electron chi connectivity index (χ4n) is 5.41. The Balaban J connectivity index is 1.41. The van der Waals surface area contributed by atoms with Crippen LogP contribution in [0.4, 0.5) is 16.2 Å². The smallest absolute Gasteiger partial charge is 0.404 e. The van der Waals surface area contributed by atoms with E-state index in [0.29, 0.717) is 5.56 Å². The SMILES string of the molecule is CO[C@@H]1[C@@H](OC(N)=O)[C@@H](O)[C@H](Oc2ccc3c(O)c(NC(=O)c4cccc(-c5ccc(N=O)cc5)c4)c(=O)oc3c2C)OC1(C)C. The number of hydrogen-bond donors (Lipinski definition) is 4. The van der Waals surface area contributed by atoms with Crippen LogP contribution in [0.25, 0.3) is 22.1 Å². The number of nitrogens with two attached hydrogens (primary N) is 1. The number of nitroso groups, excluding NO2 is 1. The van der Waals surface area contributed by atoms with E-state index in [0.717, 1.165) is 5.56 Å². The number of rotatable bonds is 8. The van der Waals surface area contributed by atoms with Crippen molar-refractivity contribution in [1.82, 2.24) is 0 Å². The van der Waals surface area contributed by atoms with Crippen molar-refractivity contribution in [2.24, 2.45) is 10.9 Å². The summed E-state index contributed by atoms with van der Waals surface area (Å²) in [5, 5.41) is 27.4. The van der Waals surface area contributed by atoms with Crippen LogP contribution in [0.15, 0.2) is 75.1 Å². The molecular weight excluding hydrogens is 602 g/mol. The first kappa shape index (κ1) is 32.1. The molecule has 0 spiro atoms. The summed E-state index contributed by atoms with van der Waals surface area (Å²) in [4.78, 5) is 48.4. The zero-order valence-corrected chi connectivity index (χ0v) is 25.2. The monoisotopic (exact) mass is 633 g/mol. The maximum Gasteiger partial charge on any atom is 0.404 e. The molecule has 4 aromatic rings. The Morgan fingerprint density at radius 3 is 2.43 bits per heavy atom. The van der Waals surface area contributed by atoms with E-state index in [4.69, 9.17) is 29.1 Å². The summed E-state index contributed by atoms with van der Waals surface area (Å²) >= 11 is 0. The number of carbonyl (C=O) groups excluding carboxylic acids is 2. The number of anilines is 1. The second-order valence-electron chi connectivity index (χ2n) is 11.1. The van der Waals surface area contributed by atoms with Gasteiger partial charge in [0, 0.05) is 18.2 Å². The minimum Gasteiger partial charge on any atom is -0.505 e. The van der Waals surface area contributed by atoms with Crippen LogP contribution in [-0.4, -0.2) is 59.5 Å². The summed E-state index contributed by atoms with van der Waals surface area (Å²) in [6.45, 7) is 4.86. The van der Waals surface area contributed by atoms with Crippen molar-refractivity contribution in [3.63, 3.8) is 0 Å². The lowest BCUT2D eigenvalue weighted by molar-refractivity contribution is -0.304. The highest BCUT2D eigenvalue weighted by molar-refractivity contribution is 6.07. The molecular formula is C32H31N3O11. The van der Waals surface area contributed by atoms with Gasteiger partial charge in [0.15, 0.2) is 23.6 Å². The average Bonchev–Trinajstić information content (AvgIpc) is 3.02. The van der Waals surface area contributed by atoms with E-state index in [2.05, 4.69) is 10.5 Å². The molecule has 1 aliphatic rings. The normalized spacial score (nSPS) is 20.5. The first-order valence-electron chi connectivity index (χ1n) is 14.0. The van der Waals surface area contributed by atoms with Crippen LogP contribution in [0, 0.1) is 11.8 Å². The first-order valence-corrected chi connectivity index (χ1v) is 14.0. The number of nitrogens with zero attached hydrogens (tertiary/aromatic N) is 1. The number of fused-ring (bicyclic) bond motifs is 1. The Bertz CT molecular complexity index is 1870. The Kier molecular flexibility index (Phi) is 8.79. The highest BCUT2D eigenvalue weighted by atomic mass is 16.7. The van der Waals surface area contributed by atoms with E-state index in [1.54, 1.807) is 63.2 Å². The van der Waals surface area contributed by atoms with E-state index >= 15 is 0 Å². The number of primary amides is 1. The second kappa shape index (κ2) is 12.6. The number of aromatic hydroxyl groups is 1.